The topological polar surface area (TPSA) is 51.8 Å². The van der Waals surface area contributed by atoms with Crippen LogP contribution < -0.4 is 0 Å². The summed E-state index contributed by atoms with van der Waals surface area (Å²) in [6.07, 6.45) is 0. The molecule has 0 aliphatic heterocycles. The highest BCUT2D eigenvalue weighted by molar-refractivity contribution is 6.15. The molecule has 0 aliphatic carbocycles. The summed E-state index contributed by atoms with van der Waals surface area (Å²) in [7, 11) is 0. The number of fused-ring (bicyclic) bond motifs is 6. The van der Waals surface area contributed by atoms with Crippen molar-refractivity contribution in [2.45, 2.75) is 0 Å². The second-order valence-corrected chi connectivity index (χ2v) is 14.3. The molecule has 0 N–H and O–H groups in total. The van der Waals surface area contributed by atoms with E-state index in [-0.39, 0.29) is 0 Å². The van der Waals surface area contributed by atoms with Crippen LogP contribution in [-0.4, -0.2) is 15.0 Å². The average Bonchev–Trinajstić information content (AvgIpc) is 3.69. The van der Waals surface area contributed by atoms with E-state index in [2.05, 4.69) is 176 Å². The predicted octanol–water partition coefficient (Wildman–Crippen LogP) is 14.1. The SMILES string of the molecule is c1ccc(-c2ccc(-c3nc(-c4ccc5c(ccc6ccccc65)c4)nc(-c4cccc5oc6c(-c7ccccc7-c7ccccc7)cccc6c45)n3)cc2)cc1. The zero-order valence-corrected chi connectivity index (χ0v) is 30.8. The van der Waals surface area contributed by atoms with Gasteiger partial charge >= 0.3 is 0 Å². The second-order valence-electron chi connectivity index (χ2n) is 14.3. The number of hydrogen-bond acceptors (Lipinski definition) is 4. The first kappa shape index (κ1) is 32.7. The highest BCUT2D eigenvalue weighted by atomic mass is 16.3. The Labute approximate surface area is 329 Å². The van der Waals surface area contributed by atoms with E-state index in [1.165, 1.54) is 16.2 Å². The number of rotatable bonds is 6. The van der Waals surface area contributed by atoms with E-state index < -0.39 is 0 Å². The number of benzene rings is 9. The molecule has 0 spiro atoms. The molecule has 0 fully saturated rings. The number of hydrogen-bond donors (Lipinski definition) is 0. The molecule has 0 amide bonds. The van der Waals surface area contributed by atoms with Crippen molar-refractivity contribution in [3.8, 4) is 67.5 Å². The van der Waals surface area contributed by atoms with Gasteiger partial charge in [0.25, 0.3) is 0 Å². The first-order valence-corrected chi connectivity index (χ1v) is 19.2. The Bertz CT molecular complexity index is 3280. The van der Waals surface area contributed by atoms with Gasteiger partial charge in [-0.3, -0.25) is 0 Å². The van der Waals surface area contributed by atoms with Gasteiger partial charge in [0.15, 0.2) is 17.5 Å². The number of aromatic nitrogens is 3. The highest BCUT2D eigenvalue weighted by Gasteiger charge is 2.21. The third kappa shape index (κ3) is 5.74. The van der Waals surface area contributed by atoms with Gasteiger partial charge in [0.05, 0.1) is 0 Å². The molecule has 2 aromatic heterocycles. The van der Waals surface area contributed by atoms with Crippen molar-refractivity contribution in [3.05, 3.63) is 200 Å². The fourth-order valence-electron chi connectivity index (χ4n) is 8.18. The summed E-state index contributed by atoms with van der Waals surface area (Å²) in [4.78, 5) is 15.6. The molecule has 11 aromatic rings. The lowest BCUT2D eigenvalue weighted by Crippen LogP contribution is -2.00. The summed E-state index contributed by atoms with van der Waals surface area (Å²) in [5.41, 5.74) is 11.1. The molecular weight excluding hydrogens is 695 g/mol. The molecule has 0 unspecified atom stereocenters. The lowest BCUT2D eigenvalue weighted by atomic mass is 9.93. The van der Waals surface area contributed by atoms with Crippen LogP contribution in [0.15, 0.2) is 205 Å². The Balaban J connectivity index is 1.10. The quantitative estimate of drug-likeness (QED) is 0.160. The maximum absolute atomic E-state index is 6.79. The molecule has 57 heavy (non-hydrogen) atoms. The Morgan fingerprint density at radius 3 is 1.67 bits per heavy atom. The molecule has 0 bridgehead atoms. The Hall–Kier alpha value is -7.69. The summed E-state index contributed by atoms with van der Waals surface area (Å²) >= 11 is 0. The van der Waals surface area contributed by atoms with Crippen LogP contribution in [0.5, 0.6) is 0 Å². The fourth-order valence-corrected chi connectivity index (χ4v) is 8.18. The molecule has 0 aliphatic rings. The van der Waals surface area contributed by atoms with Gasteiger partial charge in [0.2, 0.25) is 0 Å². The summed E-state index contributed by atoms with van der Waals surface area (Å²) in [5.74, 6) is 1.80. The summed E-state index contributed by atoms with van der Waals surface area (Å²) < 4.78 is 6.79. The van der Waals surface area contributed by atoms with E-state index in [0.717, 1.165) is 77.4 Å². The number of furan rings is 1. The summed E-state index contributed by atoms with van der Waals surface area (Å²) in [6.45, 7) is 0. The molecule has 4 nitrogen and oxygen atoms in total. The summed E-state index contributed by atoms with van der Waals surface area (Å²) in [5, 5.41) is 6.75. The smallest absolute Gasteiger partial charge is 0.164 e. The number of para-hydroxylation sites is 1. The molecule has 0 atom stereocenters. The molecule has 4 heteroatoms. The maximum Gasteiger partial charge on any atom is 0.164 e. The largest absolute Gasteiger partial charge is 0.455 e. The molecule has 2 heterocycles. The minimum Gasteiger partial charge on any atom is -0.455 e. The zero-order valence-electron chi connectivity index (χ0n) is 30.8. The van der Waals surface area contributed by atoms with E-state index in [4.69, 9.17) is 19.4 Å². The van der Waals surface area contributed by atoms with Crippen LogP contribution in [0.4, 0.5) is 0 Å². The standard InChI is InChI=1S/C53H33N3O/c1-3-13-34(14-4-1)35-25-28-38(29-26-35)51-54-52(40-31-32-43-39(33-40)30-27-37-17-7-8-18-41(37)43)56-53(55-51)47-23-12-24-48-49(47)46-22-11-21-45(50(46)57-48)44-20-10-9-19-42(44)36-15-5-2-6-16-36/h1-33H. The van der Waals surface area contributed by atoms with Crippen molar-refractivity contribution in [2.24, 2.45) is 0 Å². The molecule has 0 saturated carbocycles. The highest BCUT2D eigenvalue weighted by Crippen LogP contribution is 2.43. The summed E-state index contributed by atoms with van der Waals surface area (Å²) in [6, 6.07) is 69.8. The minimum atomic E-state index is 0.587. The van der Waals surface area contributed by atoms with E-state index >= 15 is 0 Å². The van der Waals surface area contributed by atoms with Gasteiger partial charge in [-0.1, -0.05) is 188 Å². The van der Waals surface area contributed by atoms with Crippen LogP contribution >= 0.6 is 0 Å². The van der Waals surface area contributed by atoms with Crippen molar-refractivity contribution in [1.82, 2.24) is 15.0 Å². The average molecular weight is 728 g/mol. The van der Waals surface area contributed by atoms with Crippen LogP contribution in [0.25, 0.3) is 111 Å². The van der Waals surface area contributed by atoms with Gasteiger partial charge in [0.1, 0.15) is 11.2 Å². The zero-order chi connectivity index (χ0) is 37.7. The second kappa shape index (κ2) is 13.6. The fraction of sp³-hybridized carbons (Fsp3) is 0. The van der Waals surface area contributed by atoms with Gasteiger partial charge in [0, 0.05) is 33.0 Å². The van der Waals surface area contributed by atoms with Crippen LogP contribution in [0.3, 0.4) is 0 Å². The van der Waals surface area contributed by atoms with Crippen LogP contribution in [0.2, 0.25) is 0 Å². The normalized spacial score (nSPS) is 11.5. The van der Waals surface area contributed by atoms with Crippen molar-refractivity contribution in [1.29, 1.82) is 0 Å². The maximum atomic E-state index is 6.79. The monoisotopic (exact) mass is 727 g/mol. The molecule has 0 saturated heterocycles. The minimum absolute atomic E-state index is 0.587. The molecule has 0 radical (unpaired) electrons. The Kier molecular flexibility index (Phi) is 7.78. The van der Waals surface area contributed by atoms with Crippen LogP contribution in [0.1, 0.15) is 0 Å². The molecule has 9 aromatic carbocycles. The van der Waals surface area contributed by atoms with Crippen LogP contribution in [0, 0.1) is 0 Å². The van der Waals surface area contributed by atoms with Crippen molar-refractivity contribution < 1.29 is 4.42 Å². The van der Waals surface area contributed by atoms with Gasteiger partial charge in [-0.15, -0.1) is 0 Å². The van der Waals surface area contributed by atoms with Gasteiger partial charge in [-0.2, -0.15) is 0 Å². The molecule has 266 valence electrons. The molecule has 11 rings (SSSR count). The van der Waals surface area contributed by atoms with Gasteiger partial charge in [-0.05, 0) is 61.5 Å². The van der Waals surface area contributed by atoms with Crippen molar-refractivity contribution in [2.75, 3.05) is 0 Å². The van der Waals surface area contributed by atoms with Crippen molar-refractivity contribution >= 4 is 43.5 Å². The lowest BCUT2D eigenvalue weighted by molar-refractivity contribution is 0.670. The number of nitrogens with zero attached hydrogens (tertiary/aromatic N) is 3. The van der Waals surface area contributed by atoms with E-state index in [9.17, 15) is 0 Å². The van der Waals surface area contributed by atoms with Crippen molar-refractivity contribution in [3.63, 3.8) is 0 Å². The Morgan fingerprint density at radius 1 is 0.298 bits per heavy atom. The lowest BCUT2D eigenvalue weighted by Gasteiger charge is -2.11. The third-order valence-corrected chi connectivity index (χ3v) is 11.0. The van der Waals surface area contributed by atoms with E-state index in [1.54, 1.807) is 0 Å². The van der Waals surface area contributed by atoms with E-state index in [0.29, 0.717) is 17.5 Å². The molecular formula is C53H33N3O. The Morgan fingerprint density at radius 2 is 0.842 bits per heavy atom. The van der Waals surface area contributed by atoms with E-state index in [1.807, 2.05) is 24.3 Å². The third-order valence-electron chi connectivity index (χ3n) is 11.0. The van der Waals surface area contributed by atoms with Gasteiger partial charge < -0.3 is 4.42 Å². The first-order valence-electron chi connectivity index (χ1n) is 19.2. The van der Waals surface area contributed by atoms with Crippen LogP contribution in [-0.2, 0) is 0 Å². The first-order chi connectivity index (χ1) is 28.2. The predicted molar refractivity (Wildman–Crippen MR) is 235 cm³/mol. The van der Waals surface area contributed by atoms with Gasteiger partial charge in [-0.25, -0.2) is 15.0 Å².